The summed E-state index contributed by atoms with van der Waals surface area (Å²) in [7, 11) is 0. The molecule has 0 aliphatic carbocycles. The molecular weight excluding hydrogens is 937 g/mol. The Balaban J connectivity index is 4.28. The lowest BCUT2D eigenvalue weighted by Crippen LogP contribution is -2.30. The summed E-state index contributed by atoms with van der Waals surface area (Å²) in [5, 5.41) is 0. The number of unbranched alkanes of at least 4 members (excludes halogenated alkanes) is 43. The Bertz CT molecular complexity index is 1310. The van der Waals surface area contributed by atoms with E-state index < -0.39 is 6.10 Å². The SMILES string of the molecule is CCCCC/C=C\C/C=C\CCCCCCCC(=O)OCC(COC(=O)CCCCCCCCCCCCCCCCCCCCCCCCCCC)OC(=O)CCCCCCCCC/C=C\C/C=C\CCCCCC. The average molecular weight is 1070 g/mol. The van der Waals surface area contributed by atoms with Crippen LogP contribution in [0.5, 0.6) is 0 Å². The molecule has 0 aliphatic heterocycles. The van der Waals surface area contributed by atoms with E-state index in [4.69, 9.17) is 14.2 Å². The predicted octanol–water partition coefficient (Wildman–Crippen LogP) is 22.9. The van der Waals surface area contributed by atoms with Crippen LogP contribution in [0.2, 0.25) is 0 Å². The van der Waals surface area contributed by atoms with Crippen molar-refractivity contribution >= 4 is 17.9 Å². The molecule has 0 saturated carbocycles. The maximum absolute atomic E-state index is 12.9. The van der Waals surface area contributed by atoms with Gasteiger partial charge in [0.25, 0.3) is 0 Å². The molecule has 0 aromatic carbocycles. The molecular formula is C70H128O6. The highest BCUT2D eigenvalue weighted by atomic mass is 16.6. The van der Waals surface area contributed by atoms with Crippen LogP contribution in [0.15, 0.2) is 48.6 Å². The standard InChI is InChI=1S/C70H128O6/c1-4-7-10-13-16-19-22-25-28-30-32-33-34-35-36-37-38-40-42-45-48-51-54-57-60-63-69(72)75-66-67(65-74-68(71)62-59-56-53-50-47-44-41-27-24-21-18-15-12-9-6-3)76-70(73)64-61-58-55-52-49-46-43-39-31-29-26-23-20-17-14-11-8-5-2/h18,20-21,23,27,29,31,41,67H,4-17,19,22,24-26,28,30,32-40,42-66H2,1-3H3/b21-18-,23-20-,31-29-,41-27-. The molecule has 0 rings (SSSR count). The Morgan fingerprint density at radius 3 is 0.763 bits per heavy atom. The maximum Gasteiger partial charge on any atom is 0.306 e. The smallest absolute Gasteiger partial charge is 0.306 e. The quantitative estimate of drug-likeness (QED) is 0.0261. The third-order valence-corrected chi connectivity index (χ3v) is 15.1. The van der Waals surface area contributed by atoms with Crippen LogP contribution in [0, 0.1) is 0 Å². The molecule has 1 unspecified atom stereocenters. The van der Waals surface area contributed by atoms with Gasteiger partial charge >= 0.3 is 17.9 Å². The van der Waals surface area contributed by atoms with Gasteiger partial charge in [-0.3, -0.25) is 14.4 Å². The van der Waals surface area contributed by atoms with Crippen molar-refractivity contribution in [3.8, 4) is 0 Å². The van der Waals surface area contributed by atoms with Crippen molar-refractivity contribution in [3.63, 3.8) is 0 Å². The molecule has 0 radical (unpaired) electrons. The molecule has 0 N–H and O–H groups in total. The first-order valence-corrected chi connectivity index (χ1v) is 33.6. The number of ether oxygens (including phenoxy) is 3. The van der Waals surface area contributed by atoms with Gasteiger partial charge in [0.15, 0.2) is 6.10 Å². The van der Waals surface area contributed by atoms with E-state index >= 15 is 0 Å². The lowest BCUT2D eigenvalue weighted by atomic mass is 10.0. The molecule has 0 saturated heterocycles. The summed E-state index contributed by atoms with van der Waals surface area (Å²) in [5.41, 5.74) is 0. The summed E-state index contributed by atoms with van der Waals surface area (Å²) in [6.45, 7) is 6.64. The summed E-state index contributed by atoms with van der Waals surface area (Å²) < 4.78 is 16.9. The molecule has 1 atom stereocenters. The Kier molecular flexibility index (Phi) is 62.6. The van der Waals surface area contributed by atoms with Gasteiger partial charge in [0.1, 0.15) is 13.2 Å². The zero-order valence-corrected chi connectivity index (χ0v) is 51.0. The molecule has 0 spiro atoms. The molecule has 0 aliphatic rings. The van der Waals surface area contributed by atoms with Crippen molar-refractivity contribution in [2.75, 3.05) is 13.2 Å². The summed E-state index contributed by atoms with van der Waals surface area (Å²) in [5.74, 6) is -0.877. The number of esters is 3. The predicted molar refractivity (Wildman–Crippen MR) is 330 cm³/mol. The third kappa shape index (κ3) is 62.2. The third-order valence-electron chi connectivity index (χ3n) is 15.1. The fourth-order valence-corrected chi connectivity index (χ4v) is 9.98. The Hall–Kier alpha value is -2.63. The van der Waals surface area contributed by atoms with Crippen LogP contribution in [0.1, 0.15) is 361 Å². The van der Waals surface area contributed by atoms with Gasteiger partial charge in [-0.05, 0) is 83.5 Å². The fraction of sp³-hybridized carbons (Fsp3) is 0.843. The second-order valence-corrected chi connectivity index (χ2v) is 22.7. The summed E-state index contributed by atoms with van der Waals surface area (Å²) in [6.07, 6.45) is 81.3. The minimum absolute atomic E-state index is 0.0774. The molecule has 444 valence electrons. The van der Waals surface area contributed by atoms with E-state index in [1.54, 1.807) is 0 Å². The van der Waals surface area contributed by atoms with Gasteiger partial charge < -0.3 is 14.2 Å². The van der Waals surface area contributed by atoms with Crippen LogP contribution in [0.25, 0.3) is 0 Å². The fourth-order valence-electron chi connectivity index (χ4n) is 9.98. The number of hydrogen-bond acceptors (Lipinski definition) is 6. The first-order chi connectivity index (χ1) is 37.5. The van der Waals surface area contributed by atoms with Crippen molar-refractivity contribution in [2.24, 2.45) is 0 Å². The summed E-state index contributed by atoms with van der Waals surface area (Å²) in [4.78, 5) is 38.4. The van der Waals surface area contributed by atoms with Gasteiger partial charge in [-0.2, -0.15) is 0 Å². The molecule has 0 bridgehead atoms. The van der Waals surface area contributed by atoms with Crippen LogP contribution in [-0.2, 0) is 28.6 Å². The zero-order chi connectivity index (χ0) is 55.0. The second kappa shape index (κ2) is 64.9. The Morgan fingerprint density at radius 1 is 0.263 bits per heavy atom. The molecule has 6 heteroatoms. The first-order valence-electron chi connectivity index (χ1n) is 33.6. The highest BCUT2D eigenvalue weighted by Crippen LogP contribution is 2.18. The molecule has 0 amide bonds. The van der Waals surface area contributed by atoms with Gasteiger partial charge in [-0.25, -0.2) is 0 Å². The van der Waals surface area contributed by atoms with Crippen molar-refractivity contribution in [1.82, 2.24) is 0 Å². The minimum atomic E-state index is -0.783. The Morgan fingerprint density at radius 2 is 0.474 bits per heavy atom. The monoisotopic (exact) mass is 1060 g/mol. The van der Waals surface area contributed by atoms with E-state index in [2.05, 4.69) is 69.4 Å². The summed E-state index contributed by atoms with van der Waals surface area (Å²) in [6, 6.07) is 0. The number of carbonyl (C=O) groups excluding carboxylic acids is 3. The first kappa shape index (κ1) is 73.4. The van der Waals surface area contributed by atoms with E-state index in [0.29, 0.717) is 19.3 Å². The average Bonchev–Trinajstić information content (AvgIpc) is 3.42. The Labute approximate surface area is 473 Å². The van der Waals surface area contributed by atoms with E-state index in [9.17, 15) is 14.4 Å². The second-order valence-electron chi connectivity index (χ2n) is 22.7. The van der Waals surface area contributed by atoms with E-state index in [1.165, 1.54) is 231 Å². The van der Waals surface area contributed by atoms with Gasteiger partial charge in [-0.1, -0.05) is 307 Å². The van der Waals surface area contributed by atoms with Gasteiger partial charge in [0.05, 0.1) is 0 Å². The normalized spacial score (nSPS) is 12.3. The van der Waals surface area contributed by atoms with Crippen LogP contribution >= 0.6 is 0 Å². The van der Waals surface area contributed by atoms with Gasteiger partial charge in [-0.15, -0.1) is 0 Å². The highest BCUT2D eigenvalue weighted by molar-refractivity contribution is 5.71. The highest BCUT2D eigenvalue weighted by Gasteiger charge is 2.19. The topological polar surface area (TPSA) is 78.9 Å². The van der Waals surface area contributed by atoms with Crippen LogP contribution < -0.4 is 0 Å². The van der Waals surface area contributed by atoms with E-state index in [1.807, 2.05) is 0 Å². The molecule has 0 heterocycles. The maximum atomic E-state index is 12.9. The van der Waals surface area contributed by atoms with Gasteiger partial charge in [0.2, 0.25) is 0 Å². The number of hydrogen-bond donors (Lipinski definition) is 0. The summed E-state index contributed by atoms with van der Waals surface area (Å²) >= 11 is 0. The zero-order valence-electron chi connectivity index (χ0n) is 51.0. The van der Waals surface area contributed by atoms with E-state index in [-0.39, 0.29) is 31.1 Å². The van der Waals surface area contributed by atoms with Crippen molar-refractivity contribution in [1.29, 1.82) is 0 Å². The largest absolute Gasteiger partial charge is 0.462 e. The van der Waals surface area contributed by atoms with E-state index in [0.717, 1.165) is 89.9 Å². The lowest BCUT2D eigenvalue weighted by Gasteiger charge is -2.18. The molecule has 0 aromatic heterocycles. The van der Waals surface area contributed by atoms with Crippen LogP contribution in [-0.4, -0.2) is 37.2 Å². The van der Waals surface area contributed by atoms with Crippen molar-refractivity contribution in [2.45, 2.75) is 367 Å². The molecule has 76 heavy (non-hydrogen) atoms. The minimum Gasteiger partial charge on any atom is -0.462 e. The lowest BCUT2D eigenvalue weighted by molar-refractivity contribution is -0.167. The molecule has 0 fully saturated rings. The molecule has 0 aromatic rings. The number of allylic oxidation sites excluding steroid dienone is 8. The number of carbonyl (C=O) groups is 3. The van der Waals surface area contributed by atoms with Crippen molar-refractivity contribution in [3.05, 3.63) is 48.6 Å². The molecule has 6 nitrogen and oxygen atoms in total. The van der Waals surface area contributed by atoms with Crippen LogP contribution in [0.4, 0.5) is 0 Å². The van der Waals surface area contributed by atoms with Gasteiger partial charge in [0, 0.05) is 19.3 Å². The number of rotatable bonds is 62. The van der Waals surface area contributed by atoms with Crippen LogP contribution in [0.3, 0.4) is 0 Å². The van der Waals surface area contributed by atoms with Crippen molar-refractivity contribution < 1.29 is 28.6 Å².